The van der Waals surface area contributed by atoms with Crippen molar-refractivity contribution in [3.63, 3.8) is 0 Å². The van der Waals surface area contributed by atoms with E-state index >= 15 is 0 Å². The standard InChI is InChI=1S/C14H21N3/c1-11-5-4-6-13(7-11)14(9-16)17(3)10-12(2)8-15/h4-7,12,14H,9-10,16H2,1-3H3. The third-order valence-electron chi connectivity index (χ3n) is 2.96. The van der Waals surface area contributed by atoms with Gasteiger partial charge in [-0.15, -0.1) is 0 Å². The van der Waals surface area contributed by atoms with Crippen LogP contribution in [0.3, 0.4) is 0 Å². The molecule has 0 spiro atoms. The summed E-state index contributed by atoms with van der Waals surface area (Å²) in [4.78, 5) is 2.16. The summed E-state index contributed by atoms with van der Waals surface area (Å²) in [5.74, 6) is 0.0267. The van der Waals surface area contributed by atoms with Gasteiger partial charge < -0.3 is 5.73 Å². The molecular formula is C14H21N3. The molecule has 1 aromatic rings. The molecule has 0 aliphatic heterocycles. The van der Waals surface area contributed by atoms with Gasteiger partial charge in [-0.25, -0.2) is 0 Å². The largest absolute Gasteiger partial charge is 0.329 e. The first kappa shape index (κ1) is 13.7. The van der Waals surface area contributed by atoms with Gasteiger partial charge in [-0.3, -0.25) is 4.90 Å². The highest BCUT2D eigenvalue weighted by Gasteiger charge is 2.17. The lowest BCUT2D eigenvalue weighted by Crippen LogP contribution is -2.33. The van der Waals surface area contributed by atoms with Crippen molar-refractivity contribution in [2.24, 2.45) is 11.7 Å². The fourth-order valence-electron chi connectivity index (χ4n) is 2.05. The summed E-state index contributed by atoms with van der Waals surface area (Å²) >= 11 is 0. The van der Waals surface area contributed by atoms with Crippen LogP contribution < -0.4 is 5.73 Å². The van der Waals surface area contributed by atoms with Crippen molar-refractivity contribution in [2.45, 2.75) is 19.9 Å². The summed E-state index contributed by atoms with van der Waals surface area (Å²) in [5, 5.41) is 8.84. The Labute approximate surface area is 104 Å². The average molecular weight is 231 g/mol. The molecule has 0 amide bonds. The highest BCUT2D eigenvalue weighted by molar-refractivity contribution is 5.25. The number of aryl methyl sites for hydroxylation is 1. The zero-order chi connectivity index (χ0) is 12.8. The molecule has 2 atom stereocenters. The fourth-order valence-corrected chi connectivity index (χ4v) is 2.05. The molecule has 2 unspecified atom stereocenters. The Morgan fingerprint density at radius 1 is 1.47 bits per heavy atom. The van der Waals surface area contributed by atoms with E-state index in [1.54, 1.807) is 0 Å². The van der Waals surface area contributed by atoms with Gasteiger partial charge in [-0.1, -0.05) is 29.8 Å². The second kappa shape index (κ2) is 6.39. The number of nitrogens with zero attached hydrogens (tertiary/aromatic N) is 2. The van der Waals surface area contributed by atoms with Gasteiger partial charge in [0.2, 0.25) is 0 Å². The van der Waals surface area contributed by atoms with Crippen molar-refractivity contribution in [3.8, 4) is 6.07 Å². The van der Waals surface area contributed by atoms with Crippen LogP contribution in [0.2, 0.25) is 0 Å². The lowest BCUT2D eigenvalue weighted by molar-refractivity contribution is 0.233. The summed E-state index contributed by atoms with van der Waals surface area (Å²) in [6, 6.07) is 10.8. The molecule has 0 saturated carbocycles. The molecule has 0 aliphatic rings. The Hall–Kier alpha value is -1.37. The third kappa shape index (κ3) is 3.85. The van der Waals surface area contributed by atoms with Crippen LogP contribution in [0.4, 0.5) is 0 Å². The van der Waals surface area contributed by atoms with Crippen LogP contribution in [-0.2, 0) is 0 Å². The van der Waals surface area contributed by atoms with Gasteiger partial charge in [-0.2, -0.15) is 5.26 Å². The van der Waals surface area contributed by atoms with Crippen LogP contribution >= 0.6 is 0 Å². The number of rotatable bonds is 5. The predicted molar refractivity (Wildman–Crippen MR) is 70.4 cm³/mol. The number of benzene rings is 1. The number of nitrogens with two attached hydrogens (primary N) is 1. The van der Waals surface area contributed by atoms with Crippen LogP contribution in [0, 0.1) is 24.2 Å². The highest BCUT2D eigenvalue weighted by atomic mass is 15.1. The van der Waals surface area contributed by atoms with Gasteiger partial charge in [0.05, 0.1) is 12.0 Å². The summed E-state index contributed by atoms with van der Waals surface area (Å²) in [5.41, 5.74) is 8.31. The van der Waals surface area contributed by atoms with E-state index in [-0.39, 0.29) is 12.0 Å². The maximum atomic E-state index is 8.84. The molecule has 3 heteroatoms. The Balaban J connectivity index is 2.81. The number of likely N-dealkylation sites (N-methyl/N-ethyl adjacent to an activating group) is 1. The lowest BCUT2D eigenvalue weighted by Gasteiger charge is -2.28. The highest BCUT2D eigenvalue weighted by Crippen LogP contribution is 2.20. The van der Waals surface area contributed by atoms with E-state index < -0.39 is 0 Å². The second-order valence-electron chi connectivity index (χ2n) is 4.64. The van der Waals surface area contributed by atoms with Crippen molar-refractivity contribution < 1.29 is 0 Å². The molecular weight excluding hydrogens is 210 g/mol. The van der Waals surface area contributed by atoms with Crippen molar-refractivity contribution in [1.82, 2.24) is 4.90 Å². The van der Waals surface area contributed by atoms with Crippen LogP contribution in [0.25, 0.3) is 0 Å². The van der Waals surface area contributed by atoms with Crippen molar-refractivity contribution in [2.75, 3.05) is 20.1 Å². The molecule has 0 aliphatic carbocycles. The zero-order valence-corrected chi connectivity index (χ0v) is 10.9. The van der Waals surface area contributed by atoms with Crippen LogP contribution in [0.15, 0.2) is 24.3 Å². The summed E-state index contributed by atoms with van der Waals surface area (Å²) in [6.07, 6.45) is 0. The molecule has 1 rings (SSSR count). The van der Waals surface area contributed by atoms with Crippen molar-refractivity contribution in [1.29, 1.82) is 5.26 Å². The minimum atomic E-state index is 0.0267. The van der Waals surface area contributed by atoms with E-state index in [1.807, 2.05) is 14.0 Å². The van der Waals surface area contributed by atoms with Crippen LogP contribution in [0.5, 0.6) is 0 Å². The summed E-state index contributed by atoms with van der Waals surface area (Å²) < 4.78 is 0. The molecule has 0 radical (unpaired) electrons. The average Bonchev–Trinajstić information content (AvgIpc) is 2.30. The molecule has 2 N–H and O–H groups in total. The lowest BCUT2D eigenvalue weighted by atomic mass is 10.0. The normalized spacial score (nSPS) is 14.4. The minimum Gasteiger partial charge on any atom is -0.329 e. The van der Waals surface area contributed by atoms with Gasteiger partial charge in [0.1, 0.15) is 0 Å². The Morgan fingerprint density at radius 2 is 2.18 bits per heavy atom. The van der Waals surface area contributed by atoms with E-state index in [2.05, 4.69) is 42.2 Å². The Morgan fingerprint density at radius 3 is 2.71 bits per heavy atom. The molecule has 1 aromatic carbocycles. The maximum Gasteiger partial charge on any atom is 0.0666 e. The predicted octanol–water partition coefficient (Wildman–Crippen LogP) is 2.09. The molecule has 0 fully saturated rings. The SMILES string of the molecule is Cc1cccc(C(CN)N(C)CC(C)C#N)c1. The van der Waals surface area contributed by atoms with E-state index in [9.17, 15) is 0 Å². The molecule has 0 heterocycles. The van der Waals surface area contributed by atoms with E-state index in [4.69, 9.17) is 11.0 Å². The second-order valence-corrected chi connectivity index (χ2v) is 4.64. The smallest absolute Gasteiger partial charge is 0.0666 e. The summed E-state index contributed by atoms with van der Waals surface area (Å²) in [6.45, 7) is 5.32. The first-order valence-electron chi connectivity index (χ1n) is 5.95. The topological polar surface area (TPSA) is 53.0 Å². The fraction of sp³-hybridized carbons (Fsp3) is 0.500. The molecule has 0 aromatic heterocycles. The Bertz CT molecular complexity index is 395. The third-order valence-corrected chi connectivity index (χ3v) is 2.96. The monoisotopic (exact) mass is 231 g/mol. The number of nitriles is 1. The quantitative estimate of drug-likeness (QED) is 0.844. The minimum absolute atomic E-state index is 0.0267. The van der Waals surface area contributed by atoms with Gasteiger partial charge >= 0.3 is 0 Å². The van der Waals surface area contributed by atoms with Gasteiger partial charge in [0.25, 0.3) is 0 Å². The summed E-state index contributed by atoms with van der Waals surface area (Å²) in [7, 11) is 2.02. The van der Waals surface area contributed by atoms with E-state index in [0.717, 1.165) is 6.54 Å². The molecule has 0 bridgehead atoms. The zero-order valence-electron chi connectivity index (χ0n) is 10.9. The number of hydrogen-bond acceptors (Lipinski definition) is 3. The number of hydrogen-bond donors (Lipinski definition) is 1. The van der Waals surface area contributed by atoms with E-state index in [1.165, 1.54) is 11.1 Å². The molecule has 0 saturated heterocycles. The van der Waals surface area contributed by atoms with Gasteiger partial charge in [-0.05, 0) is 26.5 Å². The molecule has 17 heavy (non-hydrogen) atoms. The first-order valence-corrected chi connectivity index (χ1v) is 5.95. The molecule has 3 nitrogen and oxygen atoms in total. The Kier molecular flexibility index (Phi) is 5.14. The first-order chi connectivity index (χ1) is 8.08. The van der Waals surface area contributed by atoms with Crippen molar-refractivity contribution >= 4 is 0 Å². The van der Waals surface area contributed by atoms with Crippen LogP contribution in [-0.4, -0.2) is 25.0 Å². The van der Waals surface area contributed by atoms with E-state index in [0.29, 0.717) is 6.54 Å². The van der Waals surface area contributed by atoms with Gasteiger partial charge in [0.15, 0.2) is 0 Å². The van der Waals surface area contributed by atoms with Crippen molar-refractivity contribution in [3.05, 3.63) is 35.4 Å². The van der Waals surface area contributed by atoms with Gasteiger partial charge in [0, 0.05) is 19.1 Å². The molecule has 92 valence electrons. The van der Waals surface area contributed by atoms with Crippen LogP contribution in [0.1, 0.15) is 24.1 Å². The maximum absolute atomic E-state index is 8.84.